The number of aryl methyl sites for hydroxylation is 1. The van der Waals surface area contributed by atoms with Gasteiger partial charge in [0.05, 0.1) is 6.42 Å². The van der Waals surface area contributed by atoms with Gasteiger partial charge in [-0.05, 0) is 165 Å². The van der Waals surface area contributed by atoms with E-state index in [4.69, 9.17) is 9.52 Å². The highest BCUT2D eigenvalue weighted by atomic mass is 16.4. The smallest absolute Gasteiger partial charge is 0.220 e. The summed E-state index contributed by atoms with van der Waals surface area (Å²) in [7, 11) is 0. The lowest BCUT2D eigenvalue weighted by Crippen LogP contribution is -2.60. The first-order valence-corrected chi connectivity index (χ1v) is 23.2. The lowest BCUT2D eigenvalue weighted by atomic mass is 9.37. The molecule has 0 bridgehead atoms. The van der Waals surface area contributed by atoms with Crippen LogP contribution in [0.3, 0.4) is 0 Å². The first-order chi connectivity index (χ1) is 27.0. The molecule has 5 aliphatic carbocycles. The minimum absolute atomic E-state index is 0. The first kappa shape index (κ1) is 46.1. The largest absolute Gasteiger partial charge is 0.425 e. The van der Waals surface area contributed by atoms with Crippen LogP contribution in [0.5, 0.6) is 0 Å². The number of aromatic nitrogens is 2. The lowest BCUT2D eigenvalue weighted by molar-refractivity contribution is -0.170. The van der Waals surface area contributed by atoms with E-state index in [0.29, 0.717) is 40.9 Å². The molecule has 4 fully saturated rings. The normalized spacial score (nSPS) is 33.5. The summed E-state index contributed by atoms with van der Waals surface area (Å²) in [4.78, 5) is 12.4. The highest BCUT2D eigenvalue weighted by molar-refractivity contribution is 5.81. The Morgan fingerprint density at radius 1 is 0.983 bits per heavy atom. The summed E-state index contributed by atoms with van der Waals surface area (Å²) >= 11 is 0. The average molecular weight is 791 g/mol. The van der Waals surface area contributed by atoms with Crippen molar-refractivity contribution in [3.63, 3.8) is 0 Å². The maximum atomic E-state index is 12.4. The number of hydrogen-bond acceptors (Lipinski definition) is 4. The van der Waals surface area contributed by atoms with Gasteiger partial charge in [-0.25, -0.2) is 0 Å². The van der Waals surface area contributed by atoms with E-state index in [1.807, 2.05) is 13.8 Å². The highest BCUT2D eigenvalue weighted by Crippen LogP contribution is 2.73. The van der Waals surface area contributed by atoms with E-state index in [9.17, 15) is 4.79 Å². The molecule has 2 aromatic rings. The Bertz CT molecular complexity index is 1870. The van der Waals surface area contributed by atoms with Gasteiger partial charge in [-0.2, -0.15) is 0 Å². The predicted octanol–water partition coefficient (Wildman–Crippen LogP) is 14.9. The Morgan fingerprint density at radius 2 is 1.62 bits per heavy atom. The number of rotatable bonds is 11. The zero-order valence-corrected chi connectivity index (χ0v) is 38.2. The minimum Gasteiger partial charge on any atom is -0.425 e. The van der Waals surface area contributed by atoms with Crippen molar-refractivity contribution in [2.24, 2.45) is 63.1 Å². The summed E-state index contributed by atoms with van der Waals surface area (Å²) in [5.74, 6) is 6.59. The van der Waals surface area contributed by atoms with Gasteiger partial charge in [0, 0.05) is 17.3 Å². The molecule has 4 nitrogen and oxygen atoms in total. The number of carbonyl (C=O) groups is 1. The van der Waals surface area contributed by atoms with Gasteiger partial charge < -0.3 is 4.42 Å². The summed E-state index contributed by atoms with van der Waals surface area (Å²) in [5, 5.41) is 9.33. The van der Waals surface area contributed by atoms with Gasteiger partial charge in [0.25, 0.3) is 0 Å². The second-order valence-electron chi connectivity index (χ2n) is 20.8. The molecular formula is C54H82N2O2. The molecule has 7 rings (SSSR count). The fraction of sp³-hybridized carbons (Fsp3) is 0.704. The zero-order chi connectivity index (χ0) is 41.5. The van der Waals surface area contributed by atoms with Crippen LogP contribution in [-0.2, 0) is 17.6 Å². The van der Waals surface area contributed by atoms with Crippen LogP contribution in [0, 0.1) is 70.0 Å². The molecule has 0 aliphatic heterocycles. The summed E-state index contributed by atoms with van der Waals surface area (Å²) in [6, 6.07) is 8.69. The van der Waals surface area contributed by atoms with Crippen molar-refractivity contribution in [1.29, 1.82) is 0 Å². The number of Topliss-reactive ketones (excluding diaryl/α,β-unsaturated/α-hetero) is 1. The lowest BCUT2D eigenvalue weighted by Gasteiger charge is -2.67. The molecule has 58 heavy (non-hydrogen) atoms. The summed E-state index contributed by atoms with van der Waals surface area (Å²) in [6.07, 6.45) is 18.7. The monoisotopic (exact) mass is 791 g/mol. The van der Waals surface area contributed by atoms with Crippen molar-refractivity contribution >= 4 is 5.78 Å². The third kappa shape index (κ3) is 8.36. The summed E-state index contributed by atoms with van der Waals surface area (Å²) < 4.78 is 6.52. The number of ketones is 1. The third-order valence-corrected chi connectivity index (χ3v) is 16.9. The second kappa shape index (κ2) is 17.9. The third-order valence-electron chi connectivity index (χ3n) is 16.9. The number of hydrogen-bond donors (Lipinski definition) is 0. The van der Waals surface area contributed by atoms with E-state index in [-0.39, 0.29) is 24.0 Å². The van der Waals surface area contributed by atoms with Gasteiger partial charge in [-0.1, -0.05) is 125 Å². The second-order valence-corrected chi connectivity index (χ2v) is 20.8. The van der Waals surface area contributed by atoms with Crippen LogP contribution in [0.15, 0.2) is 69.4 Å². The predicted molar refractivity (Wildman–Crippen MR) is 243 cm³/mol. The average Bonchev–Trinajstić information content (AvgIpc) is 3.75. The van der Waals surface area contributed by atoms with E-state index < -0.39 is 0 Å². The van der Waals surface area contributed by atoms with Crippen LogP contribution in [0.2, 0.25) is 0 Å². The fourth-order valence-electron chi connectivity index (χ4n) is 14.0. The van der Waals surface area contributed by atoms with Crippen LogP contribution >= 0.6 is 0 Å². The molecule has 0 spiro atoms. The quantitative estimate of drug-likeness (QED) is 0.213. The highest BCUT2D eigenvalue weighted by Gasteiger charge is 2.64. The topological polar surface area (TPSA) is 56.0 Å². The fourth-order valence-corrected chi connectivity index (χ4v) is 14.0. The molecule has 1 aromatic heterocycles. The van der Waals surface area contributed by atoms with E-state index in [1.165, 1.54) is 68.1 Å². The Hall–Kier alpha value is -2.97. The SMILES string of the molecule is C.C=C=C(CC1CCC2(C)C(CCC3(C)C4CCC5(Cc6nnc(Cc7ccc(C)cc7)o6)C/C(=C/CC)C(C(C)C)=C5C4CCC32)C1C)CC(C)(C)C(C)=O.CC. The first-order valence-electron chi connectivity index (χ1n) is 23.2. The van der Waals surface area contributed by atoms with Gasteiger partial charge in [0.1, 0.15) is 5.78 Å². The molecule has 4 saturated carbocycles. The molecule has 0 radical (unpaired) electrons. The number of fused-ring (bicyclic) bond motifs is 7. The number of carbonyl (C=O) groups excluding carboxylic acids is 1. The zero-order valence-electron chi connectivity index (χ0n) is 38.2. The summed E-state index contributed by atoms with van der Waals surface area (Å²) in [5.41, 5.74) is 12.7. The van der Waals surface area contributed by atoms with Crippen molar-refractivity contribution in [2.75, 3.05) is 0 Å². The maximum absolute atomic E-state index is 12.4. The number of allylic oxidation sites excluding steroid dienone is 5. The van der Waals surface area contributed by atoms with Crippen molar-refractivity contribution in [3.05, 3.63) is 87.9 Å². The van der Waals surface area contributed by atoms with Crippen molar-refractivity contribution in [1.82, 2.24) is 10.2 Å². The van der Waals surface area contributed by atoms with E-state index >= 15 is 0 Å². The molecule has 9 unspecified atom stereocenters. The standard InChI is InChI=1S/C51H72N2O2.C2H6.CH4/c1-12-14-39-30-51(31-45-53-52-44(55-45)28-37-17-15-33(5)16-18-37)26-23-42-40(47(51)46(39)32(3)4)19-20-43-49(10)24-21-38(34(6)41(49)22-25-50(42,43)11)27-36(13-2)29-48(8,9)35(7)54;1-2;/h14-18,32,34,38,40-43H,2,12,19-31H2,1,3-11H3;1-2H3;1H4/b39-14-;;. The van der Waals surface area contributed by atoms with E-state index in [2.05, 4.69) is 110 Å². The van der Waals surface area contributed by atoms with Gasteiger partial charge in [-0.3, -0.25) is 4.79 Å². The Balaban J connectivity index is 0.00000210. The van der Waals surface area contributed by atoms with Crippen molar-refractivity contribution in [3.8, 4) is 0 Å². The molecule has 9 atom stereocenters. The molecule has 4 heteroatoms. The van der Waals surface area contributed by atoms with Gasteiger partial charge >= 0.3 is 0 Å². The molecular weight excluding hydrogens is 709 g/mol. The molecule has 5 aliphatic rings. The van der Waals surface area contributed by atoms with Crippen LogP contribution in [0.25, 0.3) is 0 Å². The van der Waals surface area contributed by atoms with Crippen LogP contribution in [-0.4, -0.2) is 16.0 Å². The van der Waals surface area contributed by atoms with Crippen LogP contribution < -0.4 is 0 Å². The Kier molecular flexibility index (Phi) is 14.3. The van der Waals surface area contributed by atoms with Gasteiger partial charge in [-0.15, -0.1) is 15.9 Å². The number of nitrogens with zero attached hydrogens (tertiary/aromatic N) is 2. The van der Waals surface area contributed by atoms with Gasteiger partial charge in [0.2, 0.25) is 11.8 Å². The van der Waals surface area contributed by atoms with Gasteiger partial charge in [0.15, 0.2) is 0 Å². The summed E-state index contributed by atoms with van der Waals surface area (Å²) in [6.45, 7) is 31.4. The minimum atomic E-state index is -0.345. The van der Waals surface area contributed by atoms with Crippen LogP contribution in [0.1, 0.15) is 184 Å². The van der Waals surface area contributed by atoms with Crippen molar-refractivity contribution in [2.45, 2.75) is 180 Å². The molecule has 320 valence electrons. The molecule has 0 N–H and O–H groups in total. The van der Waals surface area contributed by atoms with Crippen LogP contribution in [0.4, 0.5) is 0 Å². The Morgan fingerprint density at radius 3 is 2.26 bits per heavy atom. The van der Waals surface area contributed by atoms with E-state index in [0.717, 1.165) is 61.6 Å². The molecule has 0 amide bonds. The maximum Gasteiger partial charge on any atom is 0.220 e. The van der Waals surface area contributed by atoms with E-state index in [1.54, 1.807) is 23.6 Å². The molecule has 1 heterocycles. The molecule has 0 saturated heterocycles. The number of benzene rings is 1. The van der Waals surface area contributed by atoms with Crippen molar-refractivity contribution < 1.29 is 9.21 Å². The molecule has 1 aromatic carbocycles. The Labute approximate surface area is 355 Å².